The molecule has 0 aliphatic heterocycles. The van der Waals surface area contributed by atoms with E-state index in [9.17, 15) is 0 Å². The summed E-state index contributed by atoms with van der Waals surface area (Å²) < 4.78 is 7.38. The van der Waals surface area contributed by atoms with Crippen LogP contribution in [-0.2, 0) is 18.3 Å². The lowest BCUT2D eigenvalue weighted by Crippen LogP contribution is -2.41. The zero-order valence-corrected chi connectivity index (χ0v) is 19.0. The fourth-order valence-corrected chi connectivity index (χ4v) is 3.02. The standard InChI is InChI=1S/C20H41N7O/c1-8-28-14-10-12-22-20(23-15-19-25-24-18(6)26(19)7)21-11-9-13-27(16(2)3)17(4)5/h16-17H,8-15H2,1-7H3,(H2,21,22,23). The lowest BCUT2D eigenvalue weighted by molar-refractivity contribution is 0.145. The van der Waals surface area contributed by atoms with E-state index in [4.69, 9.17) is 4.74 Å². The maximum Gasteiger partial charge on any atom is 0.191 e. The molecule has 0 fully saturated rings. The van der Waals surface area contributed by atoms with Crippen molar-refractivity contribution < 1.29 is 4.74 Å². The van der Waals surface area contributed by atoms with Crippen molar-refractivity contribution in [1.29, 1.82) is 0 Å². The van der Waals surface area contributed by atoms with Crippen LogP contribution in [0.4, 0.5) is 0 Å². The Bertz CT molecular complexity index is 561. The molecule has 1 heterocycles. The number of hydrogen-bond acceptors (Lipinski definition) is 5. The van der Waals surface area contributed by atoms with E-state index in [1.54, 1.807) is 0 Å². The van der Waals surface area contributed by atoms with E-state index >= 15 is 0 Å². The maximum absolute atomic E-state index is 5.41. The molecule has 8 nitrogen and oxygen atoms in total. The van der Waals surface area contributed by atoms with E-state index in [-0.39, 0.29) is 0 Å². The number of aliphatic imine (C=N–C) groups is 1. The molecule has 1 aromatic rings. The predicted molar refractivity (Wildman–Crippen MR) is 116 cm³/mol. The summed E-state index contributed by atoms with van der Waals surface area (Å²) in [5, 5.41) is 15.1. The molecule has 162 valence electrons. The highest BCUT2D eigenvalue weighted by Crippen LogP contribution is 2.05. The van der Waals surface area contributed by atoms with Crippen LogP contribution >= 0.6 is 0 Å². The number of hydrogen-bond donors (Lipinski definition) is 2. The van der Waals surface area contributed by atoms with Crippen molar-refractivity contribution in [1.82, 2.24) is 30.3 Å². The van der Waals surface area contributed by atoms with Gasteiger partial charge in [-0.1, -0.05) is 0 Å². The zero-order chi connectivity index (χ0) is 20.9. The highest BCUT2D eigenvalue weighted by atomic mass is 16.5. The summed E-state index contributed by atoms with van der Waals surface area (Å²) in [6.45, 7) is 17.8. The minimum Gasteiger partial charge on any atom is -0.382 e. The minimum absolute atomic E-state index is 0.502. The van der Waals surface area contributed by atoms with Gasteiger partial charge in [0.25, 0.3) is 0 Å². The highest BCUT2D eigenvalue weighted by molar-refractivity contribution is 5.79. The summed E-state index contributed by atoms with van der Waals surface area (Å²) in [5.41, 5.74) is 0. The Morgan fingerprint density at radius 3 is 2.29 bits per heavy atom. The molecule has 0 radical (unpaired) electrons. The molecule has 0 saturated heterocycles. The van der Waals surface area contributed by atoms with Gasteiger partial charge in [0.2, 0.25) is 0 Å². The Morgan fingerprint density at radius 2 is 1.75 bits per heavy atom. The van der Waals surface area contributed by atoms with E-state index in [1.807, 2.05) is 25.5 Å². The first kappa shape index (κ1) is 24.4. The normalized spacial score (nSPS) is 12.4. The molecule has 0 bridgehead atoms. The molecule has 0 aliphatic carbocycles. The molecule has 8 heteroatoms. The minimum atomic E-state index is 0.502. The van der Waals surface area contributed by atoms with Gasteiger partial charge in [-0.15, -0.1) is 10.2 Å². The second-order valence-electron chi connectivity index (χ2n) is 7.57. The van der Waals surface area contributed by atoms with E-state index in [0.29, 0.717) is 18.6 Å². The third kappa shape index (κ3) is 9.01. The Balaban J connectivity index is 2.54. The average Bonchev–Trinajstić information content (AvgIpc) is 2.96. The fraction of sp³-hybridized carbons (Fsp3) is 0.850. The SMILES string of the molecule is CCOCCCNC(=NCc1nnc(C)n1C)NCCCN(C(C)C)C(C)C. The highest BCUT2D eigenvalue weighted by Gasteiger charge is 2.12. The van der Waals surface area contributed by atoms with Crippen LogP contribution in [0.25, 0.3) is 0 Å². The summed E-state index contributed by atoms with van der Waals surface area (Å²) in [6.07, 6.45) is 2.02. The van der Waals surface area contributed by atoms with Crippen LogP contribution in [0.5, 0.6) is 0 Å². The van der Waals surface area contributed by atoms with Gasteiger partial charge in [-0.05, 0) is 54.4 Å². The first-order chi connectivity index (χ1) is 13.4. The van der Waals surface area contributed by atoms with Crippen LogP contribution in [0, 0.1) is 6.92 Å². The van der Waals surface area contributed by atoms with Gasteiger partial charge < -0.3 is 19.9 Å². The summed E-state index contributed by atoms with van der Waals surface area (Å²) in [4.78, 5) is 7.20. The van der Waals surface area contributed by atoms with Gasteiger partial charge in [0.15, 0.2) is 11.8 Å². The van der Waals surface area contributed by atoms with Crippen LogP contribution < -0.4 is 10.6 Å². The molecule has 0 spiro atoms. The molecule has 0 amide bonds. The van der Waals surface area contributed by atoms with E-state index in [0.717, 1.165) is 63.3 Å². The number of ether oxygens (including phenoxy) is 1. The van der Waals surface area contributed by atoms with Crippen molar-refractivity contribution >= 4 is 5.96 Å². The van der Waals surface area contributed by atoms with Crippen LogP contribution in [0.3, 0.4) is 0 Å². The molecule has 1 aromatic heterocycles. The van der Waals surface area contributed by atoms with Crippen molar-refractivity contribution in [2.24, 2.45) is 12.0 Å². The predicted octanol–water partition coefficient (Wildman–Crippen LogP) is 2.09. The monoisotopic (exact) mass is 395 g/mol. The Kier molecular flexibility index (Phi) is 11.7. The first-order valence-corrected chi connectivity index (χ1v) is 10.6. The molecule has 0 aromatic carbocycles. The Morgan fingerprint density at radius 1 is 1.11 bits per heavy atom. The van der Waals surface area contributed by atoms with Gasteiger partial charge >= 0.3 is 0 Å². The van der Waals surface area contributed by atoms with Gasteiger partial charge in [0, 0.05) is 52.0 Å². The fourth-order valence-electron chi connectivity index (χ4n) is 3.02. The smallest absolute Gasteiger partial charge is 0.191 e. The van der Waals surface area contributed by atoms with Gasteiger partial charge in [-0.3, -0.25) is 4.90 Å². The lowest BCUT2D eigenvalue weighted by atomic mass is 10.2. The molecule has 0 atom stereocenters. The largest absolute Gasteiger partial charge is 0.382 e. The molecule has 28 heavy (non-hydrogen) atoms. The number of nitrogens with zero attached hydrogens (tertiary/aromatic N) is 5. The van der Waals surface area contributed by atoms with Gasteiger partial charge in [0.1, 0.15) is 12.4 Å². The quantitative estimate of drug-likeness (QED) is 0.302. The van der Waals surface area contributed by atoms with Crippen LogP contribution in [0.2, 0.25) is 0 Å². The number of guanidine groups is 1. The second kappa shape index (κ2) is 13.5. The van der Waals surface area contributed by atoms with Crippen LogP contribution in [-0.4, -0.2) is 70.6 Å². The first-order valence-electron chi connectivity index (χ1n) is 10.6. The molecule has 0 aliphatic rings. The number of nitrogens with one attached hydrogen (secondary N) is 2. The molecule has 2 N–H and O–H groups in total. The topological polar surface area (TPSA) is 79.6 Å². The number of aryl methyl sites for hydroxylation is 1. The van der Waals surface area contributed by atoms with Crippen LogP contribution in [0.1, 0.15) is 59.1 Å². The van der Waals surface area contributed by atoms with Gasteiger partial charge in [-0.2, -0.15) is 0 Å². The van der Waals surface area contributed by atoms with Crippen molar-refractivity contribution in [3.8, 4) is 0 Å². The Labute approximate surface area is 171 Å². The van der Waals surface area contributed by atoms with Crippen molar-refractivity contribution in [3.63, 3.8) is 0 Å². The number of rotatable bonds is 13. The summed E-state index contributed by atoms with van der Waals surface area (Å²) >= 11 is 0. The lowest BCUT2D eigenvalue weighted by Gasteiger charge is -2.30. The molecular formula is C20H41N7O. The van der Waals surface area contributed by atoms with E-state index in [1.165, 1.54) is 0 Å². The third-order valence-corrected chi connectivity index (χ3v) is 4.74. The van der Waals surface area contributed by atoms with Gasteiger partial charge in [0.05, 0.1) is 0 Å². The summed E-state index contributed by atoms with van der Waals surface area (Å²) in [7, 11) is 1.97. The van der Waals surface area contributed by atoms with E-state index < -0.39 is 0 Å². The maximum atomic E-state index is 5.41. The molecule has 0 saturated carbocycles. The van der Waals surface area contributed by atoms with Crippen LogP contribution in [0.15, 0.2) is 4.99 Å². The number of aromatic nitrogens is 3. The summed E-state index contributed by atoms with van der Waals surface area (Å²) in [6, 6.07) is 1.12. The zero-order valence-electron chi connectivity index (χ0n) is 19.0. The van der Waals surface area contributed by atoms with Crippen molar-refractivity contribution in [3.05, 3.63) is 11.6 Å². The third-order valence-electron chi connectivity index (χ3n) is 4.74. The Hall–Kier alpha value is -1.67. The average molecular weight is 396 g/mol. The molecule has 0 unspecified atom stereocenters. The second-order valence-corrected chi connectivity index (χ2v) is 7.57. The summed E-state index contributed by atoms with van der Waals surface area (Å²) in [5.74, 6) is 2.57. The van der Waals surface area contributed by atoms with Crippen molar-refractivity contribution in [2.75, 3.05) is 32.8 Å². The molecule has 1 rings (SSSR count). The van der Waals surface area contributed by atoms with Crippen molar-refractivity contribution in [2.45, 2.75) is 73.0 Å². The molecular weight excluding hydrogens is 354 g/mol. The van der Waals surface area contributed by atoms with Gasteiger partial charge in [-0.25, -0.2) is 4.99 Å². The van der Waals surface area contributed by atoms with E-state index in [2.05, 4.69) is 58.4 Å².